The summed E-state index contributed by atoms with van der Waals surface area (Å²) in [6.45, 7) is 0. The predicted octanol–water partition coefficient (Wildman–Crippen LogP) is 19.4. The van der Waals surface area contributed by atoms with E-state index in [0.717, 1.165) is 50.3 Å². The number of para-hydroxylation sites is 1. The van der Waals surface area contributed by atoms with Crippen LogP contribution in [0.3, 0.4) is 0 Å². The maximum atomic E-state index is 5.50. The van der Waals surface area contributed by atoms with Gasteiger partial charge in [0.1, 0.15) is 0 Å². The van der Waals surface area contributed by atoms with Crippen molar-refractivity contribution < 1.29 is 0 Å². The molecule has 0 amide bonds. The Kier molecular flexibility index (Phi) is 11.0. The molecule has 2 aliphatic carbocycles. The monoisotopic (exact) mass is 1000 g/mol. The Labute approximate surface area is 461 Å². The number of benzene rings is 12. The molecular weight excluding hydrogens is 953 g/mol. The van der Waals surface area contributed by atoms with Gasteiger partial charge >= 0.3 is 0 Å². The van der Waals surface area contributed by atoms with Gasteiger partial charge in [0, 0.05) is 33.6 Å². The lowest BCUT2D eigenvalue weighted by Gasteiger charge is -2.35. The van der Waals surface area contributed by atoms with E-state index in [-0.39, 0.29) is 0 Å². The Morgan fingerprint density at radius 1 is 0.241 bits per heavy atom. The van der Waals surface area contributed by atoms with E-state index in [1.54, 1.807) is 0 Å². The van der Waals surface area contributed by atoms with Crippen molar-refractivity contribution >= 4 is 28.0 Å². The van der Waals surface area contributed by atoms with Crippen LogP contribution in [0, 0.1) is 0 Å². The summed E-state index contributed by atoms with van der Waals surface area (Å²) in [5, 5.41) is 1.12. The molecule has 0 spiro atoms. The SMILES string of the molecule is c1ccc(-c2ccc(N(c3ccc4c(c3)-c3ccc(-c5nc6ccccc6cc5-c5ccccc5)cc3C4(c3ccccc3)c3ccccc3)c3ccc4c(c3)C(c3ccccc3)(c3ccccc3)c3ccccc3-4)cc2)cc1. The first-order valence-corrected chi connectivity index (χ1v) is 27.3. The maximum absolute atomic E-state index is 5.50. The van der Waals surface area contributed by atoms with Gasteiger partial charge in [0.2, 0.25) is 0 Å². The molecule has 0 unspecified atom stereocenters. The highest BCUT2D eigenvalue weighted by molar-refractivity contribution is 5.96. The molecule has 0 bridgehead atoms. The molecule has 0 fully saturated rings. The van der Waals surface area contributed by atoms with Crippen molar-refractivity contribution in [1.82, 2.24) is 4.98 Å². The zero-order valence-corrected chi connectivity index (χ0v) is 43.4. The van der Waals surface area contributed by atoms with E-state index < -0.39 is 10.8 Å². The third-order valence-corrected chi connectivity index (χ3v) is 16.8. The number of hydrogen-bond acceptors (Lipinski definition) is 2. The molecule has 12 aromatic carbocycles. The lowest BCUT2D eigenvalue weighted by Crippen LogP contribution is -2.29. The van der Waals surface area contributed by atoms with Gasteiger partial charge in [0.05, 0.1) is 22.0 Å². The Bertz CT molecular complexity index is 4310. The Balaban J connectivity index is 0.981. The molecule has 1 heterocycles. The summed E-state index contributed by atoms with van der Waals surface area (Å²) >= 11 is 0. The largest absolute Gasteiger partial charge is 0.310 e. The maximum Gasteiger partial charge on any atom is 0.0788 e. The van der Waals surface area contributed by atoms with Gasteiger partial charge in [0.15, 0.2) is 0 Å². The fraction of sp³-hybridized carbons (Fsp3) is 0.0260. The molecule has 15 rings (SSSR count). The second-order valence-corrected chi connectivity index (χ2v) is 20.9. The Morgan fingerprint density at radius 2 is 0.658 bits per heavy atom. The molecule has 0 atom stereocenters. The topological polar surface area (TPSA) is 16.1 Å². The first kappa shape index (κ1) is 46.2. The van der Waals surface area contributed by atoms with Crippen LogP contribution in [0.15, 0.2) is 315 Å². The highest BCUT2D eigenvalue weighted by Gasteiger charge is 2.48. The van der Waals surface area contributed by atoms with Gasteiger partial charge in [-0.1, -0.05) is 261 Å². The molecule has 2 nitrogen and oxygen atoms in total. The number of hydrogen-bond donors (Lipinski definition) is 0. The van der Waals surface area contributed by atoms with Crippen molar-refractivity contribution in [3.8, 4) is 55.8 Å². The molecule has 13 aromatic rings. The minimum absolute atomic E-state index is 0.562. The van der Waals surface area contributed by atoms with Crippen LogP contribution in [0.5, 0.6) is 0 Å². The van der Waals surface area contributed by atoms with E-state index in [1.807, 2.05) is 0 Å². The third-order valence-electron chi connectivity index (χ3n) is 16.8. The molecule has 2 heteroatoms. The van der Waals surface area contributed by atoms with Gasteiger partial charge in [-0.3, -0.25) is 0 Å². The van der Waals surface area contributed by atoms with Crippen LogP contribution in [0.25, 0.3) is 66.7 Å². The summed E-state index contributed by atoms with van der Waals surface area (Å²) in [6, 6.07) is 116. The molecule has 0 saturated carbocycles. The van der Waals surface area contributed by atoms with Gasteiger partial charge in [-0.15, -0.1) is 0 Å². The van der Waals surface area contributed by atoms with Crippen molar-refractivity contribution in [3.63, 3.8) is 0 Å². The van der Waals surface area contributed by atoms with E-state index in [9.17, 15) is 0 Å². The first-order chi connectivity index (χ1) is 39.2. The molecule has 79 heavy (non-hydrogen) atoms. The van der Waals surface area contributed by atoms with Crippen LogP contribution in [0.2, 0.25) is 0 Å². The zero-order valence-electron chi connectivity index (χ0n) is 43.4. The predicted molar refractivity (Wildman–Crippen MR) is 327 cm³/mol. The molecule has 0 N–H and O–H groups in total. The van der Waals surface area contributed by atoms with E-state index >= 15 is 0 Å². The van der Waals surface area contributed by atoms with Crippen molar-refractivity contribution in [2.24, 2.45) is 0 Å². The van der Waals surface area contributed by atoms with Crippen molar-refractivity contribution in [2.45, 2.75) is 10.8 Å². The van der Waals surface area contributed by atoms with Crippen LogP contribution in [0.4, 0.5) is 17.1 Å². The zero-order chi connectivity index (χ0) is 52.3. The molecule has 370 valence electrons. The lowest BCUT2D eigenvalue weighted by molar-refractivity contribution is 0.768. The number of anilines is 3. The van der Waals surface area contributed by atoms with Crippen LogP contribution < -0.4 is 4.90 Å². The first-order valence-electron chi connectivity index (χ1n) is 27.3. The molecule has 0 saturated heterocycles. The molecule has 1 aromatic heterocycles. The standard InChI is InChI=1S/C77H52N2/c1-7-23-53(24-8-1)54-39-42-62(43-40-54)79(64-44-47-66-65-36-20-21-37-70(65)76(73(66)52-64,58-28-11-3-12-29-58)59-30-13-4-14-31-59)63-45-48-71-69(51-63)67-46-41-57(50-72(67)77(71,60-32-15-5-16-33-60)61-34-17-6-18-35-61)75-68(55-25-9-2-10-26-55)49-56-27-19-22-38-74(56)78-75/h1-52H. The summed E-state index contributed by atoms with van der Waals surface area (Å²) in [7, 11) is 0. The van der Waals surface area contributed by atoms with Gasteiger partial charge < -0.3 is 4.90 Å². The molecule has 0 radical (unpaired) electrons. The summed E-state index contributed by atoms with van der Waals surface area (Å²) < 4.78 is 0. The van der Waals surface area contributed by atoms with Crippen molar-refractivity contribution in [3.05, 3.63) is 360 Å². The molecule has 2 aliphatic rings. The second kappa shape index (κ2) is 18.8. The summed E-state index contributed by atoms with van der Waals surface area (Å²) in [5.41, 5.74) is 24.5. The van der Waals surface area contributed by atoms with Crippen LogP contribution in [-0.4, -0.2) is 4.98 Å². The van der Waals surface area contributed by atoms with E-state index in [1.165, 1.54) is 77.9 Å². The summed E-state index contributed by atoms with van der Waals surface area (Å²) in [4.78, 5) is 7.98. The normalized spacial score (nSPS) is 13.3. The molecular formula is C77H52N2. The third kappa shape index (κ3) is 7.29. The number of rotatable bonds is 10. The van der Waals surface area contributed by atoms with E-state index in [0.29, 0.717) is 0 Å². The minimum atomic E-state index is -0.655. The number of aromatic nitrogens is 1. The van der Waals surface area contributed by atoms with Crippen LogP contribution in [-0.2, 0) is 10.8 Å². The van der Waals surface area contributed by atoms with Crippen molar-refractivity contribution in [1.29, 1.82) is 0 Å². The van der Waals surface area contributed by atoms with E-state index in [2.05, 4.69) is 320 Å². The van der Waals surface area contributed by atoms with E-state index in [4.69, 9.17) is 4.98 Å². The second-order valence-electron chi connectivity index (χ2n) is 20.9. The van der Waals surface area contributed by atoms with Gasteiger partial charge in [-0.25, -0.2) is 4.98 Å². The highest BCUT2D eigenvalue weighted by atomic mass is 15.1. The fourth-order valence-corrected chi connectivity index (χ4v) is 13.4. The van der Waals surface area contributed by atoms with Gasteiger partial charge in [-0.05, 0) is 138 Å². The average Bonchev–Trinajstić information content (AvgIpc) is 4.03. The Morgan fingerprint density at radius 3 is 1.28 bits per heavy atom. The minimum Gasteiger partial charge on any atom is -0.310 e. The smallest absolute Gasteiger partial charge is 0.0788 e. The van der Waals surface area contributed by atoms with Crippen LogP contribution in [0.1, 0.15) is 44.5 Å². The molecule has 0 aliphatic heterocycles. The Hall–Kier alpha value is -10.2. The summed E-state index contributed by atoms with van der Waals surface area (Å²) in [5.74, 6) is 0. The number of fused-ring (bicyclic) bond motifs is 7. The van der Waals surface area contributed by atoms with Gasteiger partial charge in [-0.2, -0.15) is 0 Å². The van der Waals surface area contributed by atoms with Crippen molar-refractivity contribution in [2.75, 3.05) is 4.90 Å². The summed E-state index contributed by atoms with van der Waals surface area (Å²) in [6.07, 6.45) is 0. The lowest BCUT2D eigenvalue weighted by atomic mass is 9.67. The van der Waals surface area contributed by atoms with Gasteiger partial charge in [0.25, 0.3) is 0 Å². The van der Waals surface area contributed by atoms with Crippen LogP contribution >= 0.6 is 0 Å². The number of pyridine rings is 1. The highest BCUT2D eigenvalue weighted by Crippen LogP contribution is 2.60. The fourth-order valence-electron chi connectivity index (χ4n) is 13.4. The quantitative estimate of drug-likeness (QED) is 0.136. The average molecular weight is 1010 g/mol. The number of nitrogens with zero attached hydrogens (tertiary/aromatic N) is 2.